The van der Waals surface area contributed by atoms with Crippen molar-refractivity contribution in [3.8, 4) is 0 Å². The summed E-state index contributed by atoms with van der Waals surface area (Å²) >= 11 is 5.78. The van der Waals surface area contributed by atoms with Crippen LogP contribution in [0.2, 0.25) is 5.02 Å². The molecular weight excluding hydrogens is 308 g/mol. The average molecular weight is 327 g/mol. The van der Waals surface area contributed by atoms with Gasteiger partial charge in [0.2, 0.25) is 0 Å². The molecule has 0 radical (unpaired) electrons. The highest BCUT2D eigenvalue weighted by Crippen LogP contribution is 2.29. The number of nitrogens with zero attached hydrogens (tertiary/aromatic N) is 1. The van der Waals surface area contributed by atoms with Crippen LogP contribution in [0.4, 0.5) is 5.69 Å². The summed E-state index contributed by atoms with van der Waals surface area (Å²) in [4.78, 5) is 22.0. The highest BCUT2D eigenvalue weighted by molar-refractivity contribution is 6.33. The highest BCUT2D eigenvalue weighted by Gasteiger charge is 2.24. The second kappa shape index (κ2) is 7.56. The summed E-state index contributed by atoms with van der Waals surface area (Å²) in [5.41, 5.74) is 0.0879. The monoisotopic (exact) mass is 326 g/mol. The number of rotatable bonds is 6. The van der Waals surface area contributed by atoms with Gasteiger partial charge in [0, 0.05) is 18.2 Å². The summed E-state index contributed by atoms with van der Waals surface area (Å²) in [6, 6.07) is 3.92. The van der Waals surface area contributed by atoms with E-state index in [-0.39, 0.29) is 22.7 Å². The van der Waals surface area contributed by atoms with Crippen molar-refractivity contribution in [1.82, 2.24) is 5.32 Å². The molecule has 6 nitrogen and oxygen atoms in total. The molecule has 120 valence electrons. The Labute approximate surface area is 133 Å². The van der Waals surface area contributed by atoms with Crippen molar-refractivity contribution in [2.75, 3.05) is 6.54 Å². The van der Waals surface area contributed by atoms with E-state index in [9.17, 15) is 20.0 Å². The molecule has 1 aliphatic carbocycles. The zero-order chi connectivity index (χ0) is 16.1. The molecule has 1 fully saturated rings. The molecule has 0 aliphatic heterocycles. The van der Waals surface area contributed by atoms with Crippen molar-refractivity contribution in [2.24, 2.45) is 5.92 Å². The fourth-order valence-corrected chi connectivity index (χ4v) is 3.07. The molecule has 0 saturated heterocycles. The Morgan fingerprint density at radius 1 is 1.45 bits per heavy atom. The molecule has 7 heteroatoms. The first-order valence-electron chi connectivity index (χ1n) is 7.39. The fraction of sp³-hybridized carbons (Fsp3) is 0.533. The van der Waals surface area contributed by atoms with Gasteiger partial charge in [-0.3, -0.25) is 14.9 Å². The molecule has 0 spiro atoms. The maximum Gasteiger partial charge on any atom is 0.287 e. The highest BCUT2D eigenvalue weighted by atomic mass is 35.5. The van der Waals surface area contributed by atoms with Gasteiger partial charge in [-0.25, -0.2) is 0 Å². The summed E-state index contributed by atoms with van der Waals surface area (Å²) in [5.74, 6) is 0.0366. The van der Waals surface area contributed by atoms with Gasteiger partial charge in [-0.15, -0.1) is 0 Å². The van der Waals surface area contributed by atoms with Gasteiger partial charge < -0.3 is 10.4 Å². The van der Waals surface area contributed by atoms with Crippen LogP contribution in [0.3, 0.4) is 0 Å². The Hall–Kier alpha value is -1.66. The number of carbonyl (C=O) groups is 1. The van der Waals surface area contributed by atoms with Crippen LogP contribution in [0.25, 0.3) is 0 Å². The number of aliphatic hydroxyl groups excluding tert-OH is 1. The van der Waals surface area contributed by atoms with E-state index in [2.05, 4.69) is 5.32 Å². The lowest BCUT2D eigenvalue weighted by atomic mass is 10.00. The molecule has 22 heavy (non-hydrogen) atoms. The Morgan fingerprint density at radius 3 is 2.82 bits per heavy atom. The zero-order valence-corrected chi connectivity index (χ0v) is 12.9. The van der Waals surface area contributed by atoms with E-state index < -0.39 is 4.92 Å². The maximum atomic E-state index is 11.9. The smallest absolute Gasteiger partial charge is 0.287 e. The minimum absolute atomic E-state index is 0.0493. The fourth-order valence-electron chi connectivity index (χ4n) is 2.82. The van der Waals surface area contributed by atoms with Crippen molar-refractivity contribution in [3.05, 3.63) is 38.9 Å². The molecule has 1 aliphatic rings. The average Bonchev–Trinajstić information content (AvgIpc) is 2.88. The van der Waals surface area contributed by atoms with Crippen LogP contribution in [0, 0.1) is 16.0 Å². The number of halogens is 1. The third-order valence-electron chi connectivity index (χ3n) is 4.06. The van der Waals surface area contributed by atoms with Crippen molar-refractivity contribution < 1.29 is 14.8 Å². The predicted molar refractivity (Wildman–Crippen MR) is 83.0 cm³/mol. The van der Waals surface area contributed by atoms with Gasteiger partial charge in [0.15, 0.2) is 0 Å². The minimum atomic E-state index is -0.586. The Morgan fingerprint density at radius 2 is 2.23 bits per heavy atom. The van der Waals surface area contributed by atoms with Gasteiger partial charge in [0.25, 0.3) is 11.6 Å². The molecule has 1 aromatic carbocycles. The van der Waals surface area contributed by atoms with Crippen LogP contribution in [-0.2, 0) is 0 Å². The van der Waals surface area contributed by atoms with Crippen LogP contribution in [0.1, 0.15) is 42.5 Å². The quantitative estimate of drug-likeness (QED) is 0.477. The minimum Gasteiger partial charge on any atom is -0.393 e. The number of benzene rings is 1. The molecule has 0 unspecified atom stereocenters. The molecule has 2 atom stereocenters. The third-order valence-corrected chi connectivity index (χ3v) is 4.37. The second-order valence-electron chi connectivity index (χ2n) is 5.58. The standard InChI is InChI=1S/C15H19ClN2O4/c16-12-9-11(6-7-13(12)18(21)22)15(20)17-8-2-4-10-3-1-5-14(10)19/h6-7,9-10,14,19H,1-5,8H2,(H,17,20)/t10-,14+/m0/s1. The number of aliphatic hydroxyl groups is 1. The van der Waals surface area contributed by atoms with E-state index in [0.29, 0.717) is 18.0 Å². The molecular formula is C15H19ClN2O4. The van der Waals surface area contributed by atoms with E-state index in [1.165, 1.54) is 18.2 Å². The first kappa shape index (κ1) is 16.7. The third kappa shape index (κ3) is 4.18. The summed E-state index contributed by atoms with van der Waals surface area (Å²) in [6.07, 6.45) is 4.48. The van der Waals surface area contributed by atoms with E-state index in [1.54, 1.807) is 0 Å². The lowest BCUT2D eigenvalue weighted by Gasteiger charge is -2.14. The van der Waals surface area contributed by atoms with Crippen LogP contribution in [-0.4, -0.2) is 28.6 Å². The van der Waals surface area contributed by atoms with Gasteiger partial charge in [-0.05, 0) is 43.7 Å². The lowest BCUT2D eigenvalue weighted by molar-refractivity contribution is -0.384. The van der Waals surface area contributed by atoms with Crippen LogP contribution in [0.15, 0.2) is 18.2 Å². The first-order valence-corrected chi connectivity index (χ1v) is 7.77. The van der Waals surface area contributed by atoms with Crippen LogP contribution >= 0.6 is 11.6 Å². The summed E-state index contributed by atoms with van der Waals surface area (Å²) in [7, 11) is 0. The summed E-state index contributed by atoms with van der Waals surface area (Å²) in [6.45, 7) is 0.511. The van der Waals surface area contributed by atoms with Gasteiger partial charge >= 0.3 is 0 Å². The van der Waals surface area contributed by atoms with Crippen molar-refractivity contribution in [1.29, 1.82) is 0 Å². The maximum absolute atomic E-state index is 11.9. The van der Waals surface area contributed by atoms with E-state index in [1.807, 2.05) is 0 Å². The Kier molecular flexibility index (Phi) is 5.74. The number of nitro benzene ring substituents is 1. The van der Waals surface area contributed by atoms with E-state index in [0.717, 1.165) is 32.1 Å². The van der Waals surface area contributed by atoms with Crippen molar-refractivity contribution >= 4 is 23.2 Å². The normalized spacial score (nSPS) is 20.8. The zero-order valence-electron chi connectivity index (χ0n) is 12.1. The first-order chi connectivity index (χ1) is 10.5. The predicted octanol–water partition coefficient (Wildman–Crippen LogP) is 2.92. The van der Waals surface area contributed by atoms with Crippen molar-refractivity contribution in [3.63, 3.8) is 0 Å². The van der Waals surface area contributed by atoms with Gasteiger partial charge in [0.05, 0.1) is 11.0 Å². The van der Waals surface area contributed by atoms with Crippen LogP contribution in [0.5, 0.6) is 0 Å². The van der Waals surface area contributed by atoms with Crippen molar-refractivity contribution in [2.45, 2.75) is 38.2 Å². The summed E-state index contributed by atoms with van der Waals surface area (Å²) in [5, 5.41) is 23.1. The molecule has 2 N–H and O–H groups in total. The lowest BCUT2D eigenvalue weighted by Crippen LogP contribution is -2.25. The number of carbonyl (C=O) groups excluding carboxylic acids is 1. The number of nitro groups is 1. The van der Waals surface area contributed by atoms with Gasteiger partial charge in [0.1, 0.15) is 5.02 Å². The topological polar surface area (TPSA) is 92.5 Å². The van der Waals surface area contributed by atoms with Gasteiger partial charge in [-0.2, -0.15) is 0 Å². The number of nitrogens with one attached hydrogen (secondary N) is 1. The van der Waals surface area contributed by atoms with Crippen LogP contribution < -0.4 is 5.32 Å². The molecule has 1 aromatic rings. The largest absolute Gasteiger partial charge is 0.393 e. The van der Waals surface area contributed by atoms with E-state index >= 15 is 0 Å². The Balaban J connectivity index is 1.80. The molecule has 0 bridgehead atoms. The SMILES string of the molecule is O=C(NCCC[C@@H]1CCC[C@H]1O)c1ccc([N+](=O)[O-])c(Cl)c1. The number of amides is 1. The number of hydrogen-bond donors (Lipinski definition) is 2. The second-order valence-corrected chi connectivity index (χ2v) is 5.99. The Bertz CT molecular complexity index is 564. The molecule has 1 amide bonds. The molecule has 1 saturated carbocycles. The van der Waals surface area contributed by atoms with E-state index in [4.69, 9.17) is 11.6 Å². The molecule has 0 aromatic heterocycles. The van der Waals surface area contributed by atoms with Gasteiger partial charge in [-0.1, -0.05) is 18.0 Å². The number of hydrogen-bond acceptors (Lipinski definition) is 4. The summed E-state index contributed by atoms with van der Waals surface area (Å²) < 4.78 is 0. The molecule has 2 rings (SSSR count). The molecule has 0 heterocycles.